The molecule has 2 aromatic rings. The van der Waals surface area contributed by atoms with Crippen LogP contribution >= 0.6 is 0 Å². The van der Waals surface area contributed by atoms with Crippen LogP contribution in [0.1, 0.15) is 11.4 Å². The van der Waals surface area contributed by atoms with E-state index >= 15 is 0 Å². The molecule has 0 saturated carbocycles. The van der Waals surface area contributed by atoms with Gasteiger partial charge in [0, 0.05) is 12.7 Å². The van der Waals surface area contributed by atoms with Crippen LogP contribution in [0, 0.1) is 5.82 Å². The Balaban J connectivity index is 1.90. The minimum absolute atomic E-state index is 0.0446. The maximum atomic E-state index is 12.7. The van der Waals surface area contributed by atoms with Gasteiger partial charge in [0.2, 0.25) is 0 Å². The number of sulfone groups is 1. The Morgan fingerprint density at radius 1 is 1.30 bits per heavy atom. The number of hydrogen-bond donors (Lipinski definition) is 0. The third kappa shape index (κ3) is 4.61. The van der Waals surface area contributed by atoms with Gasteiger partial charge in [-0.15, -0.1) is 0 Å². The number of rotatable bonds is 6. The lowest BCUT2D eigenvalue weighted by atomic mass is 10.1. The fourth-order valence-electron chi connectivity index (χ4n) is 1.43. The van der Waals surface area contributed by atoms with Gasteiger partial charge in [0.15, 0.2) is 15.7 Å². The highest BCUT2D eigenvalue weighted by Crippen LogP contribution is 2.11. The summed E-state index contributed by atoms with van der Waals surface area (Å²) < 4.78 is 44.4. The average Bonchev–Trinajstić information content (AvgIpc) is 2.78. The lowest BCUT2D eigenvalue weighted by molar-refractivity contribution is 0.216. The van der Waals surface area contributed by atoms with Crippen LogP contribution in [0.4, 0.5) is 4.39 Å². The van der Waals surface area contributed by atoms with Gasteiger partial charge >= 0.3 is 6.08 Å². The summed E-state index contributed by atoms with van der Waals surface area (Å²) in [5.74, 6) is -0.0551. The van der Waals surface area contributed by atoms with E-state index in [4.69, 9.17) is 9.26 Å². The summed E-state index contributed by atoms with van der Waals surface area (Å²) in [6.07, 6.45) is 1.41. The molecular weight excluding hydrogens is 287 g/mol. The summed E-state index contributed by atoms with van der Waals surface area (Å²) in [7, 11) is -3.09. The molecule has 0 atom stereocenters. The van der Waals surface area contributed by atoms with Gasteiger partial charge in [-0.3, -0.25) is 4.52 Å². The topological polar surface area (TPSA) is 82.3 Å². The van der Waals surface area contributed by atoms with Crippen LogP contribution in [0.5, 0.6) is 6.08 Å². The van der Waals surface area contributed by atoms with Gasteiger partial charge in [-0.1, -0.05) is 17.3 Å². The van der Waals surface area contributed by atoms with E-state index in [-0.39, 0.29) is 24.3 Å². The van der Waals surface area contributed by atoms with E-state index in [2.05, 4.69) is 10.1 Å². The van der Waals surface area contributed by atoms with Gasteiger partial charge < -0.3 is 4.74 Å². The van der Waals surface area contributed by atoms with E-state index in [1.54, 1.807) is 12.1 Å². The zero-order valence-electron chi connectivity index (χ0n) is 10.7. The number of ether oxygens (including phenoxy) is 1. The Hall–Kier alpha value is -1.96. The van der Waals surface area contributed by atoms with Crippen LogP contribution in [0.2, 0.25) is 0 Å². The van der Waals surface area contributed by atoms with Crippen LogP contribution in [-0.2, 0) is 16.3 Å². The summed E-state index contributed by atoms with van der Waals surface area (Å²) >= 11 is 0. The normalized spacial score (nSPS) is 11.5. The van der Waals surface area contributed by atoms with Crippen LogP contribution in [0.25, 0.3) is 0 Å². The molecule has 108 valence electrons. The molecule has 0 spiro atoms. The molecule has 0 bridgehead atoms. The van der Waals surface area contributed by atoms with Gasteiger partial charge in [-0.05, 0) is 17.7 Å². The Morgan fingerprint density at radius 3 is 2.65 bits per heavy atom. The Morgan fingerprint density at radius 2 is 2.00 bits per heavy atom. The number of nitrogens with zero attached hydrogens (tertiary/aromatic N) is 2. The quantitative estimate of drug-likeness (QED) is 0.798. The summed E-state index contributed by atoms with van der Waals surface area (Å²) in [6, 6.07) is 5.93. The van der Waals surface area contributed by atoms with Crippen LogP contribution in [0.3, 0.4) is 0 Å². The molecule has 1 aromatic carbocycles. The second kappa shape index (κ2) is 6.00. The maximum Gasteiger partial charge on any atom is 0.417 e. The molecule has 0 radical (unpaired) electrons. The number of aromatic nitrogens is 2. The molecular formula is C12H13FN2O4S. The average molecular weight is 300 g/mol. The minimum atomic E-state index is -3.09. The highest BCUT2D eigenvalue weighted by molar-refractivity contribution is 7.90. The summed E-state index contributed by atoms with van der Waals surface area (Å²) in [5, 5.41) is 3.69. The van der Waals surface area contributed by atoms with Crippen LogP contribution in [-0.4, -0.2) is 37.2 Å². The molecule has 0 amide bonds. The molecule has 0 aliphatic heterocycles. The van der Waals surface area contributed by atoms with Crippen molar-refractivity contribution in [1.29, 1.82) is 0 Å². The highest BCUT2D eigenvalue weighted by Gasteiger charge is 2.09. The standard InChI is InChI=1S/C12H13FN2O4S/c1-20(16,17)7-6-18-12-14-11(15-19-12)8-9-2-4-10(13)5-3-9/h2-5H,6-8H2,1H3. The molecule has 0 unspecified atom stereocenters. The predicted molar refractivity (Wildman–Crippen MR) is 68.7 cm³/mol. The molecule has 0 aliphatic carbocycles. The lowest BCUT2D eigenvalue weighted by Crippen LogP contribution is -2.12. The van der Waals surface area contributed by atoms with Crippen molar-refractivity contribution in [2.24, 2.45) is 0 Å². The van der Waals surface area contributed by atoms with Gasteiger partial charge in [0.1, 0.15) is 12.4 Å². The molecule has 0 N–H and O–H groups in total. The number of benzene rings is 1. The van der Waals surface area contributed by atoms with Gasteiger partial charge in [0.25, 0.3) is 0 Å². The summed E-state index contributed by atoms with van der Waals surface area (Å²) in [4.78, 5) is 3.96. The Bertz CT molecular complexity index is 667. The predicted octanol–water partition coefficient (Wildman–Crippen LogP) is 1.22. The van der Waals surface area contributed by atoms with Crippen LogP contribution < -0.4 is 4.74 Å². The molecule has 0 fully saturated rings. The Kier molecular flexibility index (Phi) is 4.33. The second-order valence-electron chi connectivity index (χ2n) is 4.26. The van der Waals surface area contributed by atoms with Crippen molar-refractivity contribution in [3.8, 4) is 6.08 Å². The van der Waals surface area contributed by atoms with Gasteiger partial charge in [-0.25, -0.2) is 12.8 Å². The number of halogens is 1. The monoisotopic (exact) mass is 300 g/mol. The van der Waals surface area contributed by atoms with Gasteiger partial charge in [0.05, 0.1) is 5.75 Å². The van der Waals surface area contributed by atoms with Crippen molar-refractivity contribution in [3.63, 3.8) is 0 Å². The maximum absolute atomic E-state index is 12.7. The summed E-state index contributed by atoms with van der Waals surface area (Å²) in [6.45, 7) is -0.0446. The molecule has 0 aliphatic rings. The SMILES string of the molecule is CS(=O)(=O)CCOc1nc(Cc2ccc(F)cc2)no1. The van der Waals surface area contributed by atoms with Crippen molar-refractivity contribution in [1.82, 2.24) is 10.1 Å². The molecule has 1 aromatic heterocycles. The molecule has 2 rings (SSSR count). The first kappa shape index (κ1) is 14.4. The molecule has 0 saturated heterocycles. The van der Waals surface area contributed by atoms with Gasteiger partial charge in [-0.2, -0.15) is 4.98 Å². The van der Waals surface area contributed by atoms with E-state index in [9.17, 15) is 12.8 Å². The summed E-state index contributed by atoms with van der Waals surface area (Å²) in [5.41, 5.74) is 0.829. The Labute approximate surface area is 115 Å². The largest absolute Gasteiger partial charge is 0.448 e. The smallest absolute Gasteiger partial charge is 0.417 e. The molecule has 20 heavy (non-hydrogen) atoms. The highest BCUT2D eigenvalue weighted by atomic mass is 32.2. The second-order valence-corrected chi connectivity index (χ2v) is 6.52. The van der Waals surface area contributed by atoms with E-state index in [0.717, 1.165) is 11.8 Å². The zero-order chi connectivity index (χ0) is 14.6. The van der Waals surface area contributed by atoms with E-state index < -0.39 is 9.84 Å². The van der Waals surface area contributed by atoms with Crippen molar-refractivity contribution >= 4 is 9.84 Å². The first-order chi connectivity index (χ1) is 9.42. The lowest BCUT2D eigenvalue weighted by Gasteiger charge is -1.98. The van der Waals surface area contributed by atoms with E-state index in [1.807, 2.05) is 0 Å². The van der Waals surface area contributed by atoms with E-state index in [1.165, 1.54) is 12.1 Å². The number of hydrogen-bond acceptors (Lipinski definition) is 6. The molecule has 8 heteroatoms. The fourth-order valence-corrected chi connectivity index (χ4v) is 1.82. The van der Waals surface area contributed by atoms with Crippen molar-refractivity contribution in [2.75, 3.05) is 18.6 Å². The van der Waals surface area contributed by atoms with Crippen LogP contribution in [0.15, 0.2) is 28.8 Å². The molecule has 6 nitrogen and oxygen atoms in total. The van der Waals surface area contributed by atoms with Crippen molar-refractivity contribution in [3.05, 3.63) is 41.5 Å². The first-order valence-electron chi connectivity index (χ1n) is 5.80. The fraction of sp³-hybridized carbons (Fsp3) is 0.333. The third-order valence-corrected chi connectivity index (χ3v) is 3.31. The third-order valence-electron chi connectivity index (χ3n) is 2.40. The van der Waals surface area contributed by atoms with E-state index in [0.29, 0.717) is 12.2 Å². The minimum Gasteiger partial charge on any atom is -0.448 e. The zero-order valence-corrected chi connectivity index (χ0v) is 11.6. The van der Waals surface area contributed by atoms with Crippen molar-refractivity contribution in [2.45, 2.75) is 6.42 Å². The molecule has 1 heterocycles. The first-order valence-corrected chi connectivity index (χ1v) is 7.86. The van der Waals surface area contributed by atoms with Crippen molar-refractivity contribution < 1.29 is 22.1 Å².